The molecule has 7 nitrogen and oxygen atoms in total. The Morgan fingerprint density at radius 2 is 2.21 bits per heavy atom. The summed E-state index contributed by atoms with van der Waals surface area (Å²) in [6, 6.07) is -1.33. The Morgan fingerprint density at radius 1 is 1.58 bits per heavy atom. The van der Waals surface area contributed by atoms with Crippen LogP contribution in [0.4, 0.5) is 0 Å². The van der Waals surface area contributed by atoms with Gasteiger partial charge in [-0.2, -0.15) is 0 Å². The first-order valence-corrected chi connectivity index (χ1v) is 6.30. The number of nitrogens with two attached hydrogens (primary N) is 1. The molecule has 1 heterocycles. The summed E-state index contributed by atoms with van der Waals surface area (Å²) in [6.45, 7) is 5.78. The van der Waals surface area contributed by atoms with Gasteiger partial charge in [0.25, 0.3) is 5.91 Å². The van der Waals surface area contributed by atoms with E-state index < -0.39 is 29.6 Å². The monoisotopic (exact) mass is 274 g/mol. The molecule has 0 aromatic heterocycles. The normalized spacial score (nSPS) is 23.8. The SMILES string of the molecule is CCOC(=O)C(N)C(=O)N1CC(CO)OC(C)(C)C1. The molecule has 0 spiro atoms. The van der Waals surface area contributed by atoms with E-state index in [0.717, 1.165) is 0 Å². The number of rotatable bonds is 4. The van der Waals surface area contributed by atoms with Crippen LogP contribution in [0.1, 0.15) is 20.8 Å². The largest absolute Gasteiger partial charge is 0.464 e. The fourth-order valence-electron chi connectivity index (χ4n) is 2.09. The molecule has 7 heteroatoms. The van der Waals surface area contributed by atoms with Gasteiger partial charge in [-0.3, -0.25) is 4.79 Å². The molecule has 0 aromatic carbocycles. The topological polar surface area (TPSA) is 102 Å². The highest BCUT2D eigenvalue weighted by molar-refractivity contribution is 6.01. The van der Waals surface area contributed by atoms with Gasteiger partial charge >= 0.3 is 5.97 Å². The van der Waals surface area contributed by atoms with E-state index in [1.54, 1.807) is 6.92 Å². The third-order valence-electron chi connectivity index (χ3n) is 2.80. The predicted molar refractivity (Wildman–Crippen MR) is 67.2 cm³/mol. The number of carbonyl (C=O) groups excluding carboxylic acids is 2. The van der Waals surface area contributed by atoms with Crippen molar-refractivity contribution in [1.82, 2.24) is 4.90 Å². The molecule has 110 valence electrons. The van der Waals surface area contributed by atoms with E-state index in [1.807, 2.05) is 13.8 Å². The van der Waals surface area contributed by atoms with Crippen molar-refractivity contribution >= 4 is 11.9 Å². The highest BCUT2D eigenvalue weighted by atomic mass is 16.5. The molecular formula is C12H22N2O5. The zero-order valence-electron chi connectivity index (χ0n) is 11.6. The van der Waals surface area contributed by atoms with Crippen molar-refractivity contribution < 1.29 is 24.2 Å². The van der Waals surface area contributed by atoms with Gasteiger partial charge in [-0.25, -0.2) is 4.79 Å². The minimum absolute atomic E-state index is 0.174. The lowest BCUT2D eigenvalue weighted by Gasteiger charge is -2.42. The second-order valence-electron chi connectivity index (χ2n) is 5.13. The summed E-state index contributed by atoms with van der Waals surface area (Å²) >= 11 is 0. The van der Waals surface area contributed by atoms with Gasteiger partial charge in [-0.05, 0) is 20.8 Å². The number of aliphatic hydroxyl groups is 1. The number of morpholine rings is 1. The molecule has 0 radical (unpaired) electrons. The van der Waals surface area contributed by atoms with Gasteiger partial charge in [0.05, 0.1) is 24.9 Å². The van der Waals surface area contributed by atoms with Crippen LogP contribution in [0.5, 0.6) is 0 Å². The van der Waals surface area contributed by atoms with Crippen LogP contribution in [-0.4, -0.2) is 65.9 Å². The number of hydrogen-bond donors (Lipinski definition) is 2. The molecule has 2 unspecified atom stereocenters. The van der Waals surface area contributed by atoms with Gasteiger partial charge in [0.2, 0.25) is 0 Å². The standard InChI is InChI=1S/C12H22N2O5/c1-4-18-11(17)9(13)10(16)14-5-8(6-15)19-12(2,3)7-14/h8-9,15H,4-7,13H2,1-3H3. The Hall–Kier alpha value is -1.18. The molecule has 3 N–H and O–H groups in total. The van der Waals surface area contributed by atoms with Crippen LogP contribution in [0.3, 0.4) is 0 Å². The number of esters is 1. The van der Waals surface area contributed by atoms with Crippen LogP contribution in [-0.2, 0) is 19.1 Å². The lowest BCUT2D eigenvalue weighted by molar-refractivity contribution is -0.171. The van der Waals surface area contributed by atoms with Gasteiger partial charge in [0.15, 0.2) is 6.04 Å². The molecular weight excluding hydrogens is 252 g/mol. The minimum atomic E-state index is -1.33. The smallest absolute Gasteiger partial charge is 0.332 e. The van der Waals surface area contributed by atoms with Crippen molar-refractivity contribution in [1.29, 1.82) is 0 Å². The fraction of sp³-hybridized carbons (Fsp3) is 0.833. The molecule has 0 saturated carbocycles. The number of aliphatic hydroxyl groups excluding tert-OH is 1. The summed E-state index contributed by atoms with van der Waals surface area (Å²) in [4.78, 5) is 25.0. The second-order valence-corrected chi connectivity index (χ2v) is 5.13. The van der Waals surface area contributed by atoms with Crippen molar-refractivity contribution in [3.05, 3.63) is 0 Å². The lowest BCUT2D eigenvalue weighted by Crippen LogP contribution is -2.59. The number of carbonyl (C=O) groups is 2. The minimum Gasteiger partial charge on any atom is -0.464 e. The Bertz CT molecular complexity index is 345. The van der Waals surface area contributed by atoms with Gasteiger partial charge < -0.3 is 25.2 Å². The fourth-order valence-corrected chi connectivity index (χ4v) is 2.09. The molecule has 1 saturated heterocycles. The number of amides is 1. The Labute approximate surface area is 112 Å². The zero-order chi connectivity index (χ0) is 14.6. The third kappa shape index (κ3) is 4.15. The molecule has 0 aliphatic carbocycles. The van der Waals surface area contributed by atoms with Gasteiger partial charge in [0, 0.05) is 13.1 Å². The second kappa shape index (κ2) is 6.31. The molecule has 2 atom stereocenters. The van der Waals surface area contributed by atoms with E-state index in [-0.39, 0.29) is 19.8 Å². The maximum absolute atomic E-state index is 12.1. The average molecular weight is 274 g/mol. The van der Waals surface area contributed by atoms with Gasteiger partial charge in [0.1, 0.15) is 0 Å². The molecule has 1 aliphatic heterocycles. The molecule has 0 bridgehead atoms. The molecule has 1 fully saturated rings. The van der Waals surface area contributed by atoms with Crippen molar-refractivity contribution in [2.24, 2.45) is 5.73 Å². The third-order valence-corrected chi connectivity index (χ3v) is 2.80. The van der Waals surface area contributed by atoms with Crippen molar-refractivity contribution in [3.63, 3.8) is 0 Å². The maximum atomic E-state index is 12.1. The van der Waals surface area contributed by atoms with E-state index in [9.17, 15) is 9.59 Å². The van der Waals surface area contributed by atoms with E-state index in [4.69, 9.17) is 20.3 Å². The highest BCUT2D eigenvalue weighted by Crippen LogP contribution is 2.21. The first-order valence-electron chi connectivity index (χ1n) is 6.30. The van der Waals surface area contributed by atoms with Crippen molar-refractivity contribution in [2.75, 3.05) is 26.3 Å². The quantitative estimate of drug-likeness (QED) is 0.497. The van der Waals surface area contributed by atoms with Crippen LogP contribution < -0.4 is 5.73 Å². The van der Waals surface area contributed by atoms with Crippen LogP contribution >= 0.6 is 0 Å². The van der Waals surface area contributed by atoms with E-state index >= 15 is 0 Å². The summed E-state index contributed by atoms with van der Waals surface area (Å²) in [7, 11) is 0. The predicted octanol–water partition coefficient (Wildman–Crippen LogP) is -1.12. The number of nitrogens with zero attached hydrogens (tertiary/aromatic N) is 1. The molecule has 1 amide bonds. The van der Waals surface area contributed by atoms with Gasteiger partial charge in [-0.1, -0.05) is 0 Å². The molecule has 1 aliphatic rings. The summed E-state index contributed by atoms with van der Waals surface area (Å²) < 4.78 is 10.3. The number of ether oxygens (including phenoxy) is 2. The van der Waals surface area contributed by atoms with Crippen LogP contribution in [0, 0.1) is 0 Å². The highest BCUT2D eigenvalue weighted by Gasteiger charge is 2.38. The zero-order valence-corrected chi connectivity index (χ0v) is 11.6. The molecule has 19 heavy (non-hydrogen) atoms. The van der Waals surface area contributed by atoms with Crippen LogP contribution in [0.15, 0.2) is 0 Å². The summed E-state index contributed by atoms with van der Waals surface area (Å²) in [6.07, 6.45) is -0.470. The van der Waals surface area contributed by atoms with Crippen molar-refractivity contribution in [3.8, 4) is 0 Å². The molecule has 1 rings (SSSR count). The Kier molecular flexibility index (Phi) is 5.28. The van der Waals surface area contributed by atoms with E-state index in [0.29, 0.717) is 6.54 Å². The summed E-state index contributed by atoms with van der Waals surface area (Å²) in [5, 5.41) is 9.17. The first kappa shape index (κ1) is 15.9. The summed E-state index contributed by atoms with van der Waals surface area (Å²) in [5.41, 5.74) is 5.00. The lowest BCUT2D eigenvalue weighted by atomic mass is 10.0. The van der Waals surface area contributed by atoms with Crippen LogP contribution in [0.2, 0.25) is 0 Å². The van der Waals surface area contributed by atoms with E-state index in [2.05, 4.69) is 0 Å². The first-order chi connectivity index (χ1) is 8.80. The van der Waals surface area contributed by atoms with Crippen molar-refractivity contribution in [2.45, 2.75) is 38.5 Å². The average Bonchev–Trinajstić information content (AvgIpc) is 2.35. The summed E-state index contributed by atoms with van der Waals surface area (Å²) in [5.74, 6) is -1.24. The van der Waals surface area contributed by atoms with Gasteiger partial charge in [-0.15, -0.1) is 0 Å². The maximum Gasteiger partial charge on any atom is 0.332 e. The Balaban J connectivity index is 2.72. The van der Waals surface area contributed by atoms with Crippen LogP contribution in [0.25, 0.3) is 0 Å². The Morgan fingerprint density at radius 3 is 2.74 bits per heavy atom. The van der Waals surface area contributed by atoms with E-state index in [1.165, 1.54) is 4.90 Å². The number of hydrogen-bond acceptors (Lipinski definition) is 6. The molecule has 0 aromatic rings.